The highest BCUT2D eigenvalue weighted by Gasteiger charge is 2.28. The van der Waals surface area contributed by atoms with Crippen molar-refractivity contribution in [3.8, 4) is 17.0 Å². The molecule has 1 saturated heterocycles. The van der Waals surface area contributed by atoms with Gasteiger partial charge in [0.25, 0.3) is 0 Å². The van der Waals surface area contributed by atoms with E-state index in [1.54, 1.807) is 30.6 Å². The Hall–Kier alpha value is -2.83. The molecular formula is C21H28N4O3. The van der Waals surface area contributed by atoms with Crippen LogP contribution in [-0.2, 0) is 4.74 Å². The highest BCUT2D eigenvalue weighted by atomic mass is 16.6. The highest BCUT2D eigenvalue weighted by Crippen LogP contribution is 2.29. The molecule has 1 atom stereocenters. The SMILES string of the molecule is COc1ncc(-c2ccncc2)cc1NC1CCCN(C(=O)OC(C)(C)C)C1. The molecule has 1 aliphatic heterocycles. The molecule has 7 heteroatoms. The fraction of sp³-hybridized carbons (Fsp3) is 0.476. The summed E-state index contributed by atoms with van der Waals surface area (Å²) in [5.74, 6) is 0.534. The van der Waals surface area contributed by atoms with Crippen LogP contribution in [0.1, 0.15) is 33.6 Å². The van der Waals surface area contributed by atoms with Gasteiger partial charge in [0.15, 0.2) is 0 Å². The molecule has 0 aliphatic carbocycles. The van der Waals surface area contributed by atoms with E-state index in [1.165, 1.54) is 0 Å². The number of aromatic nitrogens is 2. The molecule has 1 unspecified atom stereocenters. The molecule has 2 aromatic rings. The number of anilines is 1. The number of hydrogen-bond acceptors (Lipinski definition) is 6. The molecule has 1 fully saturated rings. The molecule has 0 spiro atoms. The third-order valence-electron chi connectivity index (χ3n) is 4.49. The summed E-state index contributed by atoms with van der Waals surface area (Å²) in [6.07, 6.45) is 6.90. The second kappa shape index (κ2) is 8.46. The molecule has 7 nitrogen and oxygen atoms in total. The Balaban J connectivity index is 1.74. The first kappa shape index (κ1) is 19.9. The Morgan fingerprint density at radius 3 is 2.68 bits per heavy atom. The molecular weight excluding hydrogens is 356 g/mol. The van der Waals surface area contributed by atoms with Crippen molar-refractivity contribution in [2.75, 3.05) is 25.5 Å². The summed E-state index contributed by atoms with van der Waals surface area (Å²) >= 11 is 0. The minimum Gasteiger partial charge on any atom is -0.480 e. The van der Waals surface area contributed by atoms with Crippen molar-refractivity contribution in [3.63, 3.8) is 0 Å². The third kappa shape index (κ3) is 5.12. The van der Waals surface area contributed by atoms with Crippen molar-refractivity contribution in [1.29, 1.82) is 0 Å². The molecule has 0 bridgehead atoms. The number of carbonyl (C=O) groups excluding carboxylic acids is 1. The number of piperidine rings is 1. The standard InChI is InChI=1S/C21H28N4O3/c1-21(2,3)28-20(26)25-11-5-6-17(14-25)24-18-12-16(13-23-19(18)27-4)15-7-9-22-10-8-15/h7-10,12-13,17,24H,5-6,11,14H2,1-4H3. The van der Waals surface area contributed by atoms with E-state index in [0.717, 1.165) is 29.7 Å². The lowest BCUT2D eigenvalue weighted by molar-refractivity contribution is 0.0206. The highest BCUT2D eigenvalue weighted by molar-refractivity contribution is 5.70. The topological polar surface area (TPSA) is 76.6 Å². The molecule has 3 heterocycles. The first-order valence-electron chi connectivity index (χ1n) is 9.54. The van der Waals surface area contributed by atoms with Crippen LogP contribution >= 0.6 is 0 Å². The first-order valence-corrected chi connectivity index (χ1v) is 9.54. The zero-order valence-corrected chi connectivity index (χ0v) is 16.9. The Bertz CT molecular complexity index is 805. The summed E-state index contributed by atoms with van der Waals surface area (Å²) in [6, 6.07) is 6.01. The lowest BCUT2D eigenvalue weighted by Crippen LogP contribution is -2.47. The average Bonchev–Trinajstić information content (AvgIpc) is 2.67. The lowest BCUT2D eigenvalue weighted by atomic mass is 10.0. The molecule has 0 saturated carbocycles. The fourth-order valence-corrected chi connectivity index (χ4v) is 3.23. The second-order valence-corrected chi connectivity index (χ2v) is 7.93. The number of nitrogens with one attached hydrogen (secondary N) is 1. The minimum atomic E-state index is -0.497. The van der Waals surface area contributed by atoms with Crippen molar-refractivity contribution in [2.45, 2.75) is 45.3 Å². The number of ether oxygens (including phenoxy) is 2. The van der Waals surface area contributed by atoms with Gasteiger partial charge in [-0.05, 0) is 57.4 Å². The van der Waals surface area contributed by atoms with Crippen LogP contribution in [0, 0.1) is 0 Å². The van der Waals surface area contributed by atoms with Crippen LogP contribution in [0.4, 0.5) is 10.5 Å². The number of pyridine rings is 2. The molecule has 0 aromatic carbocycles. The lowest BCUT2D eigenvalue weighted by Gasteiger charge is -2.35. The van der Waals surface area contributed by atoms with E-state index >= 15 is 0 Å². The average molecular weight is 384 g/mol. The normalized spacial score (nSPS) is 17.1. The number of nitrogens with zero attached hydrogens (tertiary/aromatic N) is 3. The maximum absolute atomic E-state index is 12.4. The smallest absolute Gasteiger partial charge is 0.410 e. The van der Waals surface area contributed by atoms with Crippen molar-refractivity contribution in [1.82, 2.24) is 14.9 Å². The maximum Gasteiger partial charge on any atom is 0.410 e. The Kier molecular flexibility index (Phi) is 6.02. The molecule has 0 radical (unpaired) electrons. The van der Waals surface area contributed by atoms with E-state index < -0.39 is 5.60 Å². The Labute approximate surface area is 166 Å². The van der Waals surface area contributed by atoms with E-state index in [4.69, 9.17) is 9.47 Å². The van der Waals surface area contributed by atoms with Crippen molar-refractivity contribution < 1.29 is 14.3 Å². The van der Waals surface area contributed by atoms with Crippen LogP contribution < -0.4 is 10.1 Å². The van der Waals surface area contributed by atoms with Crippen molar-refractivity contribution in [2.24, 2.45) is 0 Å². The quantitative estimate of drug-likeness (QED) is 0.860. The summed E-state index contributed by atoms with van der Waals surface area (Å²) in [6.45, 7) is 6.93. The van der Waals surface area contributed by atoms with Gasteiger partial charge in [-0.3, -0.25) is 4.98 Å². The monoisotopic (exact) mass is 384 g/mol. The van der Waals surface area contributed by atoms with Gasteiger partial charge in [-0.15, -0.1) is 0 Å². The van der Waals surface area contributed by atoms with Crippen LogP contribution in [0.2, 0.25) is 0 Å². The van der Waals surface area contributed by atoms with Crippen molar-refractivity contribution >= 4 is 11.8 Å². The second-order valence-electron chi connectivity index (χ2n) is 7.93. The molecule has 2 aromatic heterocycles. The fourth-order valence-electron chi connectivity index (χ4n) is 3.23. The van der Waals surface area contributed by atoms with Crippen molar-refractivity contribution in [3.05, 3.63) is 36.8 Å². The number of hydrogen-bond donors (Lipinski definition) is 1. The van der Waals surface area contributed by atoms with Crippen LogP contribution in [0.25, 0.3) is 11.1 Å². The molecule has 1 N–H and O–H groups in total. The molecule has 1 aliphatic rings. The molecule has 150 valence electrons. The van der Waals surface area contributed by atoms with Gasteiger partial charge >= 0.3 is 6.09 Å². The molecule has 28 heavy (non-hydrogen) atoms. The minimum absolute atomic E-state index is 0.102. The van der Waals surface area contributed by atoms with E-state index in [2.05, 4.69) is 15.3 Å². The van der Waals surface area contributed by atoms with E-state index in [1.807, 2.05) is 39.0 Å². The Morgan fingerprint density at radius 1 is 1.25 bits per heavy atom. The van der Waals surface area contributed by atoms with E-state index in [0.29, 0.717) is 19.0 Å². The zero-order chi connectivity index (χ0) is 20.1. The van der Waals surface area contributed by atoms with Gasteiger partial charge in [0.05, 0.1) is 12.8 Å². The van der Waals surface area contributed by atoms with Gasteiger partial charge in [0.1, 0.15) is 5.60 Å². The summed E-state index contributed by atoms with van der Waals surface area (Å²) in [5.41, 5.74) is 2.33. The molecule has 1 amide bonds. The predicted octanol–water partition coefficient (Wildman–Crippen LogP) is 3.96. The molecule has 3 rings (SSSR count). The number of likely N-dealkylation sites (tertiary alicyclic amines) is 1. The van der Waals surface area contributed by atoms with Gasteiger partial charge in [0.2, 0.25) is 5.88 Å². The number of rotatable bonds is 4. The van der Waals surface area contributed by atoms with Gasteiger partial charge < -0.3 is 19.7 Å². The largest absolute Gasteiger partial charge is 0.480 e. The van der Waals surface area contributed by atoms with Crippen LogP contribution in [0.3, 0.4) is 0 Å². The third-order valence-corrected chi connectivity index (χ3v) is 4.49. The zero-order valence-electron chi connectivity index (χ0n) is 16.9. The predicted molar refractivity (Wildman–Crippen MR) is 108 cm³/mol. The first-order chi connectivity index (χ1) is 13.4. The summed E-state index contributed by atoms with van der Waals surface area (Å²) in [4.78, 5) is 22.7. The summed E-state index contributed by atoms with van der Waals surface area (Å²) in [5, 5.41) is 3.51. The van der Waals surface area contributed by atoms with Gasteiger partial charge in [-0.2, -0.15) is 0 Å². The summed E-state index contributed by atoms with van der Waals surface area (Å²) < 4.78 is 10.9. The number of amides is 1. The van der Waals surface area contributed by atoms with Gasteiger partial charge in [-0.1, -0.05) is 0 Å². The van der Waals surface area contributed by atoms with E-state index in [9.17, 15) is 4.79 Å². The Morgan fingerprint density at radius 2 is 2.00 bits per heavy atom. The summed E-state index contributed by atoms with van der Waals surface area (Å²) in [7, 11) is 1.60. The number of carbonyl (C=O) groups is 1. The number of methoxy groups -OCH3 is 1. The maximum atomic E-state index is 12.4. The van der Waals surface area contributed by atoms with Crippen LogP contribution in [0.15, 0.2) is 36.8 Å². The van der Waals surface area contributed by atoms with Crippen LogP contribution in [-0.4, -0.2) is 52.8 Å². The van der Waals surface area contributed by atoms with E-state index in [-0.39, 0.29) is 12.1 Å². The van der Waals surface area contributed by atoms with Crippen LogP contribution in [0.5, 0.6) is 5.88 Å². The van der Waals surface area contributed by atoms with Gasteiger partial charge in [-0.25, -0.2) is 9.78 Å². The van der Waals surface area contributed by atoms with Gasteiger partial charge in [0, 0.05) is 43.3 Å².